The number of nitrogens with one attached hydrogen (secondary N) is 1. The maximum absolute atomic E-state index is 9.06. The average Bonchev–Trinajstić information content (AvgIpc) is 2.64. The molecular formula is C23H39NO. The zero-order valence-corrected chi connectivity index (χ0v) is 16.9. The molecule has 0 atom stereocenters. The van der Waals surface area contributed by atoms with Crippen molar-refractivity contribution in [3.63, 3.8) is 0 Å². The van der Waals surface area contributed by atoms with Gasteiger partial charge in [-0.2, -0.15) is 0 Å². The van der Waals surface area contributed by atoms with Crippen LogP contribution in [0.5, 0.6) is 0 Å². The highest BCUT2D eigenvalue weighted by Crippen LogP contribution is 2.37. The third kappa shape index (κ3) is 11.6. The van der Waals surface area contributed by atoms with Crippen LogP contribution in [0.1, 0.15) is 82.3 Å². The lowest BCUT2D eigenvalue weighted by molar-refractivity contribution is -0.109. The van der Waals surface area contributed by atoms with Crippen molar-refractivity contribution in [2.24, 2.45) is 5.92 Å². The zero-order chi connectivity index (χ0) is 18.9. The number of hydrogen-bond donors (Lipinski definition) is 1. The van der Waals surface area contributed by atoms with Gasteiger partial charge in [-0.15, -0.1) is 6.58 Å². The Labute approximate surface area is 156 Å². The van der Waals surface area contributed by atoms with E-state index < -0.39 is 0 Å². The molecule has 0 radical (unpaired) electrons. The Balaban J connectivity index is 0.000000708. The number of benzene rings is 1. The summed E-state index contributed by atoms with van der Waals surface area (Å²) in [5.41, 5.74) is 2.96. The summed E-state index contributed by atoms with van der Waals surface area (Å²) in [6.45, 7) is 9.72. The molecule has 1 amide bonds. The van der Waals surface area contributed by atoms with E-state index in [2.05, 4.69) is 50.0 Å². The molecule has 0 aliphatic heterocycles. The van der Waals surface area contributed by atoms with Gasteiger partial charge >= 0.3 is 0 Å². The predicted molar refractivity (Wildman–Crippen MR) is 111 cm³/mol. The summed E-state index contributed by atoms with van der Waals surface area (Å²) in [6, 6.07) is 9.22. The summed E-state index contributed by atoms with van der Waals surface area (Å²) < 4.78 is 0. The van der Waals surface area contributed by atoms with E-state index in [4.69, 9.17) is 4.79 Å². The summed E-state index contributed by atoms with van der Waals surface area (Å²) in [5.74, 6) is 1.87. The first kappa shape index (κ1) is 23.4. The molecule has 25 heavy (non-hydrogen) atoms. The van der Waals surface area contributed by atoms with Crippen molar-refractivity contribution in [2.75, 3.05) is 7.05 Å². The summed E-state index contributed by atoms with van der Waals surface area (Å²) >= 11 is 0. The molecule has 1 saturated carbocycles. The van der Waals surface area contributed by atoms with Crippen molar-refractivity contribution in [2.45, 2.75) is 78.1 Å². The molecule has 1 aliphatic rings. The van der Waals surface area contributed by atoms with E-state index in [0.29, 0.717) is 6.41 Å². The normalized spacial score (nSPS) is 18.7. The van der Waals surface area contributed by atoms with Crippen LogP contribution in [-0.4, -0.2) is 13.5 Å². The molecule has 0 saturated heterocycles. The van der Waals surface area contributed by atoms with Crippen LogP contribution in [0.4, 0.5) is 0 Å². The Hall–Kier alpha value is -1.57. The second-order valence-corrected chi connectivity index (χ2v) is 6.94. The van der Waals surface area contributed by atoms with Gasteiger partial charge in [-0.1, -0.05) is 68.5 Å². The Morgan fingerprint density at radius 3 is 2.08 bits per heavy atom. The van der Waals surface area contributed by atoms with Crippen molar-refractivity contribution in [1.82, 2.24) is 5.32 Å². The minimum atomic E-state index is 0.625. The Morgan fingerprint density at radius 1 is 1.12 bits per heavy atom. The van der Waals surface area contributed by atoms with E-state index in [1.54, 1.807) is 18.7 Å². The number of aryl methyl sites for hydroxylation is 1. The molecule has 0 aromatic heterocycles. The van der Waals surface area contributed by atoms with Gasteiger partial charge in [0.1, 0.15) is 0 Å². The maximum Gasteiger partial charge on any atom is 0.206 e. The van der Waals surface area contributed by atoms with Gasteiger partial charge in [0.05, 0.1) is 0 Å². The highest BCUT2D eigenvalue weighted by Gasteiger charge is 2.21. The smallest absolute Gasteiger partial charge is 0.206 e. The molecule has 0 bridgehead atoms. The van der Waals surface area contributed by atoms with Crippen LogP contribution in [0, 0.1) is 12.8 Å². The number of amides is 1. The second kappa shape index (κ2) is 15.9. The molecular weight excluding hydrogens is 306 g/mol. The van der Waals surface area contributed by atoms with Crippen LogP contribution >= 0.6 is 0 Å². The predicted octanol–water partition coefficient (Wildman–Crippen LogP) is 6.40. The number of unbranched alkanes of at least 4 members (excludes halogenated alkanes) is 2. The van der Waals surface area contributed by atoms with Gasteiger partial charge in [0, 0.05) is 7.05 Å². The van der Waals surface area contributed by atoms with Gasteiger partial charge < -0.3 is 5.32 Å². The Bertz CT molecular complexity index is 430. The maximum atomic E-state index is 9.06. The summed E-state index contributed by atoms with van der Waals surface area (Å²) in [7, 11) is 1.56. The molecule has 1 aromatic rings. The van der Waals surface area contributed by atoms with E-state index in [1.165, 1.54) is 56.9 Å². The molecule has 2 heteroatoms. The van der Waals surface area contributed by atoms with Crippen LogP contribution in [0.25, 0.3) is 0 Å². The van der Waals surface area contributed by atoms with E-state index in [0.717, 1.165) is 11.8 Å². The third-order valence-corrected chi connectivity index (χ3v) is 4.73. The van der Waals surface area contributed by atoms with E-state index in [9.17, 15) is 0 Å². The van der Waals surface area contributed by atoms with Gasteiger partial charge in [-0.05, 0) is 56.9 Å². The first-order valence-electron chi connectivity index (χ1n) is 9.87. The molecule has 1 aromatic carbocycles. The lowest BCUT2D eigenvalue weighted by Crippen LogP contribution is -2.13. The SMILES string of the molecule is C=CC.CCCCCC1CCC(c2ccc(C)cc2)CC1.CNC=O. The minimum absolute atomic E-state index is 0.625. The van der Waals surface area contributed by atoms with E-state index in [-0.39, 0.29) is 0 Å². The van der Waals surface area contributed by atoms with Crippen LogP contribution < -0.4 is 5.32 Å². The molecule has 0 spiro atoms. The topological polar surface area (TPSA) is 29.1 Å². The van der Waals surface area contributed by atoms with Crippen LogP contribution in [0.15, 0.2) is 36.9 Å². The number of rotatable bonds is 6. The molecule has 2 rings (SSSR count). The Morgan fingerprint density at radius 2 is 1.64 bits per heavy atom. The van der Waals surface area contributed by atoms with Crippen molar-refractivity contribution in [3.05, 3.63) is 48.0 Å². The third-order valence-electron chi connectivity index (χ3n) is 4.73. The fraction of sp³-hybridized carbons (Fsp3) is 0.609. The lowest BCUT2D eigenvalue weighted by atomic mass is 9.77. The fourth-order valence-electron chi connectivity index (χ4n) is 3.31. The quantitative estimate of drug-likeness (QED) is 0.360. The molecule has 1 fully saturated rings. The van der Waals surface area contributed by atoms with E-state index in [1.807, 2.05) is 6.92 Å². The number of allylic oxidation sites excluding steroid dienone is 1. The van der Waals surface area contributed by atoms with Crippen molar-refractivity contribution in [3.8, 4) is 0 Å². The number of carbonyl (C=O) groups excluding carboxylic acids is 1. The number of hydrogen-bond acceptors (Lipinski definition) is 1. The van der Waals surface area contributed by atoms with Crippen molar-refractivity contribution >= 4 is 6.41 Å². The average molecular weight is 346 g/mol. The highest BCUT2D eigenvalue weighted by atomic mass is 16.1. The second-order valence-electron chi connectivity index (χ2n) is 6.94. The van der Waals surface area contributed by atoms with Gasteiger partial charge in [0.2, 0.25) is 6.41 Å². The zero-order valence-electron chi connectivity index (χ0n) is 16.9. The molecule has 0 unspecified atom stereocenters. The van der Waals surface area contributed by atoms with Gasteiger partial charge in [-0.25, -0.2) is 0 Å². The van der Waals surface area contributed by atoms with Crippen LogP contribution in [0.3, 0.4) is 0 Å². The Kier molecular flexibility index (Phi) is 14.9. The van der Waals surface area contributed by atoms with Crippen molar-refractivity contribution in [1.29, 1.82) is 0 Å². The fourth-order valence-corrected chi connectivity index (χ4v) is 3.31. The summed E-state index contributed by atoms with van der Waals surface area (Å²) in [4.78, 5) is 9.06. The van der Waals surface area contributed by atoms with Crippen molar-refractivity contribution < 1.29 is 4.79 Å². The minimum Gasteiger partial charge on any atom is -0.362 e. The molecule has 142 valence electrons. The van der Waals surface area contributed by atoms with Gasteiger partial charge in [0.15, 0.2) is 0 Å². The number of carbonyl (C=O) groups is 1. The molecule has 2 nitrogen and oxygen atoms in total. The monoisotopic (exact) mass is 345 g/mol. The lowest BCUT2D eigenvalue weighted by Gasteiger charge is -2.29. The first-order valence-corrected chi connectivity index (χ1v) is 9.87. The molecule has 0 heterocycles. The van der Waals surface area contributed by atoms with Gasteiger partial charge in [0.25, 0.3) is 0 Å². The highest BCUT2D eigenvalue weighted by molar-refractivity contribution is 5.44. The summed E-state index contributed by atoms with van der Waals surface area (Å²) in [5, 5.41) is 2.25. The van der Waals surface area contributed by atoms with Crippen LogP contribution in [0.2, 0.25) is 0 Å². The van der Waals surface area contributed by atoms with Crippen LogP contribution in [-0.2, 0) is 4.79 Å². The van der Waals surface area contributed by atoms with E-state index >= 15 is 0 Å². The van der Waals surface area contributed by atoms with Gasteiger partial charge in [-0.3, -0.25) is 4.79 Å². The largest absolute Gasteiger partial charge is 0.362 e. The molecule has 1 N–H and O–H groups in total. The summed E-state index contributed by atoms with van der Waals surface area (Å²) in [6.07, 6.45) is 13.9. The first-order chi connectivity index (χ1) is 12.1. The molecule has 1 aliphatic carbocycles. The standard InChI is InChI=1S/C18H28.C3H6.C2H5NO/c1-3-4-5-6-16-9-13-18(14-10-16)17-11-7-15(2)8-12-17;1-3-2;1-3-2-4/h7-8,11-12,16,18H,3-6,9-10,13-14H2,1-2H3;3H,1H2,2H3;2H,1H3,(H,3,4).